The maximum absolute atomic E-state index is 13.4. The van der Waals surface area contributed by atoms with Gasteiger partial charge in [-0.25, -0.2) is 9.59 Å². The molecular weight excluding hydrogens is 1190 g/mol. The Kier molecular flexibility index (Phi) is 22.7. The number of nitrogens with one attached hydrogen (secondary N) is 7. The van der Waals surface area contributed by atoms with E-state index < -0.39 is 49.5 Å². The fourth-order valence-corrected chi connectivity index (χ4v) is 10.8. The summed E-state index contributed by atoms with van der Waals surface area (Å²) in [6.07, 6.45) is 2.92. The number of nitrogens with zero attached hydrogens (tertiary/aromatic N) is 4. The van der Waals surface area contributed by atoms with Crippen molar-refractivity contribution in [2.75, 3.05) is 94.7 Å². The monoisotopic (exact) mass is 1260 g/mol. The second-order valence-electron chi connectivity index (χ2n) is 22.2. The Morgan fingerprint density at radius 3 is 1.44 bits per heavy atom. The number of anilines is 3. The molecule has 6 aromatic carbocycles. The normalized spacial score (nSPS) is 14.5. The van der Waals surface area contributed by atoms with Crippen molar-refractivity contribution in [3.63, 3.8) is 0 Å². The first-order valence-corrected chi connectivity index (χ1v) is 30.3. The van der Waals surface area contributed by atoms with Gasteiger partial charge in [-0.3, -0.25) is 33.6 Å². The first-order chi connectivity index (χ1) is 44.9. The van der Waals surface area contributed by atoms with Gasteiger partial charge >= 0.3 is 26.1 Å². The van der Waals surface area contributed by atoms with E-state index in [1.165, 1.54) is 46.5 Å². The minimum absolute atomic E-state index is 0.113. The molecule has 8 aromatic rings. The number of aromatic nitrogens is 2. The van der Waals surface area contributed by atoms with Crippen molar-refractivity contribution < 1.29 is 67.7 Å². The van der Waals surface area contributed by atoms with Gasteiger partial charge in [0.05, 0.1) is 60.0 Å². The van der Waals surface area contributed by atoms with E-state index in [-0.39, 0.29) is 72.6 Å². The molecule has 10 N–H and O–H groups in total. The molecule has 9 amide bonds. The van der Waals surface area contributed by atoms with Crippen LogP contribution in [0.2, 0.25) is 6.82 Å². The number of para-hydroxylation sites is 2. The van der Waals surface area contributed by atoms with Crippen molar-refractivity contribution in [1.29, 1.82) is 0 Å². The summed E-state index contributed by atoms with van der Waals surface area (Å²) in [4.78, 5) is 129. The van der Waals surface area contributed by atoms with Gasteiger partial charge in [0.15, 0.2) is 0 Å². The second-order valence-corrected chi connectivity index (χ2v) is 22.2. The lowest BCUT2D eigenvalue weighted by Gasteiger charge is -2.39. The third-order valence-corrected chi connectivity index (χ3v) is 15.7. The fourth-order valence-electron chi connectivity index (χ4n) is 10.8. The van der Waals surface area contributed by atoms with Crippen molar-refractivity contribution in [1.82, 2.24) is 40.2 Å². The zero-order valence-corrected chi connectivity index (χ0v) is 51.4. The minimum atomic E-state index is -1.61. The zero-order chi connectivity index (χ0) is 66.1. The minimum Gasteiger partial charge on any atom is -0.447 e. The quantitative estimate of drug-likeness (QED) is 0.0209. The summed E-state index contributed by atoms with van der Waals surface area (Å²) < 4.78 is 11.0. The van der Waals surface area contributed by atoms with E-state index in [1.807, 2.05) is 26.0 Å². The number of urea groups is 2. The van der Waals surface area contributed by atoms with Gasteiger partial charge in [0.2, 0.25) is 0 Å². The molecule has 25 nitrogen and oxygen atoms in total. The number of piperazine rings is 2. The molecule has 0 unspecified atom stereocenters. The molecule has 10 rings (SSSR count). The predicted octanol–water partition coefficient (Wildman–Crippen LogP) is 4.18. The van der Waals surface area contributed by atoms with E-state index in [0.717, 1.165) is 0 Å². The summed E-state index contributed by atoms with van der Waals surface area (Å²) in [6, 6.07) is 39.1. The highest BCUT2D eigenvalue weighted by Crippen LogP contribution is 2.29. The lowest BCUT2D eigenvalue weighted by molar-refractivity contribution is -0.130. The molecule has 0 radical (unpaired) electrons. The van der Waals surface area contributed by atoms with Crippen molar-refractivity contribution in [2.24, 2.45) is 0 Å². The third-order valence-electron chi connectivity index (χ3n) is 15.7. The topological polar surface area (TPSA) is 337 Å². The van der Waals surface area contributed by atoms with Crippen molar-refractivity contribution >= 4 is 117 Å². The highest BCUT2D eigenvalue weighted by atomic mass is 16.5. The molecule has 0 bridgehead atoms. The van der Waals surface area contributed by atoms with Crippen LogP contribution in [-0.2, 0) is 19.1 Å². The Labute approximate surface area is 536 Å². The Morgan fingerprint density at radius 2 is 0.968 bits per heavy atom. The summed E-state index contributed by atoms with van der Waals surface area (Å²) in [5.41, 5.74) is 5.19. The zero-order valence-electron chi connectivity index (χ0n) is 51.4. The van der Waals surface area contributed by atoms with E-state index in [9.17, 15) is 58.2 Å². The van der Waals surface area contributed by atoms with Crippen LogP contribution in [0.4, 0.5) is 26.7 Å². The standard InChI is InChI=1S/C37H43BN6O8.C29H28BN5O6/c1-25-24-43(35(47)26-8-4-3-5-9-26)16-17-44(25)36(48)33(45)30-23-41-32-29(30)12-7-13-31(32)42-37(49)40-15-19-52-21-20-51-18-14-39-34(46)27-10-6-11-28(22-27)38(2)50;1-18-17-34(27(37)19-6-3-2-4-7-19)14-15-35(18)28(38)26(36)23-16-31-25-22(23)8-5-9-24(25)33-29(39)32-21-12-10-20(11-13-21)30(40)41/h3-13,22-23,25,41,50H,14-21,24H2,1-2H3,(H,39,46)(H2,40,42,49);2-13,16,18,31,40-41H,14-15,17H2,1H3,(H2,32,33,39)/t25-;18-/m11/s1. The number of ketones is 2. The van der Waals surface area contributed by atoms with Crippen LogP contribution in [0.15, 0.2) is 158 Å². The average Bonchev–Trinajstić information content (AvgIpc) is 1.85. The smallest absolute Gasteiger partial charge is 0.447 e. The number of Topliss-reactive ketones (excluding diaryl/α,β-unsaturated/α-hetero) is 2. The van der Waals surface area contributed by atoms with Crippen LogP contribution in [0.3, 0.4) is 0 Å². The molecular formula is C66H71B2N11O14. The van der Waals surface area contributed by atoms with Gasteiger partial charge in [0, 0.05) is 110 Å². The molecule has 93 heavy (non-hydrogen) atoms. The van der Waals surface area contributed by atoms with Crippen LogP contribution in [0.1, 0.15) is 65.6 Å². The molecule has 0 aliphatic carbocycles. The van der Waals surface area contributed by atoms with Crippen LogP contribution in [0.25, 0.3) is 21.8 Å². The van der Waals surface area contributed by atoms with Crippen LogP contribution in [-0.4, -0.2) is 203 Å². The Morgan fingerprint density at radius 1 is 0.505 bits per heavy atom. The van der Waals surface area contributed by atoms with Crippen LogP contribution >= 0.6 is 0 Å². The molecule has 2 aliphatic heterocycles. The van der Waals surface area contributed by atoms with Gasteiger partial charge in [0.1, 0.15) is 0 Å². The number of ether oxygens (including phenoxy) is 2. The lowest BCUT2D eigenvalue weighted by atomic mass is 9.64. The number of hydrogen-bond donors (Lipinski definition) is 10. The maximum atomic E-state index is 13.4. The van der Waals surface area contributed by atoms with Gasteiger partial charge in [-0.2, -0.15) is 0 Å². The van der Waals surface area contributed by atoms with E-state index in [1.54, 1.807) is 126 Å². The maximum Gasteiger partial charge on any atom is 0.488 e. The summed E-state index contributed by atoms with van der Waals surface area (Å²) in [5, 5.41) is 42.7. The number of hydrogen-bond acceptors (Lipinski definition) is 14. The van der Waals surface area contributed by atoms with Gasteiger partial charge in [-0.1, -0.05) is 97.8 Å². The number of aromatic amines is 2. The summed E-state index contributed by atoms with van der Waals surface area (Å²) >= 11 is 0. The van der Waals surface area contributed by atoms with Crippen molar-refractivity contribution in [3.05, 3.63) is 186 Å². The summed E-state index contributed by atoms with van der Waals surface area (Å²) in [6.45, 7) is 8.03. The number of H-pyrrole nitrogens is 2. The molecule has 27 heteroatoms. The summed E-state index contributed by atoms with van der Waals surface area (Å²) in [7, 11) is -1.61. The largest absolute Gasteiger partial charge is 0.488 e. The number of benzene rings is 6. The number of rotatable bonds is 21. The van der Waals surface area contributed by atoms with Gasteiger partial charge in [-0.15, -0.1) is 0 Å². The first kappa shape index (κ1) is 67.0. The fraction of sp³-hybridized carbons (Fsp3) is 0.258. The van der Waals surface area contributed by atoms with Crippen molar-refractivity contribution in [2.45, 2.75) is 32.8 Å². The van der Waals surface area contributed by atoms with Crippen molar-refractivity contribution in [3.8, 4) is 0 Å². The molecule has 4 heterocycles. The van der Waals surface area contributed by atoms with Crippen LogP contribution in [0, 0.1) is 0 Å². The van der Waals surface area contributed by atoms with Crippen LogP contribution in [0.5, 0.6) is 0 Å². The van der Waals surface area contributed by atoms with E-state index in [0.29, 0.717) is 114 Å². The van der Waals surface area contributed by atoms with E-state index >= 15 is 0 Å². The number of amides is 9. The average molecular weight is 1260 g/mol. The molecule has 2 aromatic heterocycles. The SMILES string of the molecule is CB(O)c1cccc(C(=O)NCCOCCOCCNC(=O)Nc2cccc3c(C(=O)C(=O)N4CCN(C(=O)c5ccccc5)C[C@H]4C)c[nH]c23)c1.C[C@@H]1CN(C(=O)c2ccccc2)CCN1C(=O)C(=O)c1c[nH]c2c(NC(=O)Nc3ccc(B(O)O)cc3)cccc12. The number of fused-ring (bicyclic) bond motifs is 2. The molecule has 0 saturated carbocycles. The van der Waals surface area contributed by atoms with Gasteiger partial charge < -0.3 is 80.7 Å². The Hall–Kier alpha value is -10.4. The van der Waals surface area contributed by atoms with E-state index in [2.05, 4.69) is 36.6 Å². The molecule has 0 spiro atoms. The molecule has 2 saturated heterocycles. The van der Waals surface area contributed by atoms with Gasteiger partial charge in [-0.05, 0) is 79.4 Å². The molecule has 480 valence electrons. The number of carbonyl (C=O) groups is 9. The van der Waals surface area contributed by atoms with Gasteiger partial charge in [0.25, 0.3) is 41.1 Å². The highest BCUT2D eigenvalue weighted by Gasteiger charge is 2.36. The lowest BCUT2D eigenvalue weighted by Crippen LogP contribution is -2.56. The van der Waals surface area contributed by atoms with E-state index in [4.69, 9.17) is 9.47 Å². The first-order valence-electron chi connectivity index (χ1n) is 30.3. The Balaban J connectivity index is 0.000000225. The Bertz CT molecular complexity index is 4000. The second kappa shape index (κ2) is 31.5. The molecule has 2 aliphatic rings. The summed E-state index contributed by atoms with van der Waals surface area (Å²) in [5.74, 6) is -3.14. The molecule has 2 fully saturated rings. The number of carbonyl (C=O) groups excluding carboxylic acids is 9. The van der Waals surface area contributed by atoms with Crippen LogP contribution < -0.4 is 37.5 Å². The highest BCUT2D eigenvalue weighted by molar-refractivity contribution is 6.64. The predicted molar refractivity (Wildman–Crippen MR) is 352 cm³/mol. The third kappa shape index (κ3) is 16.9. The molecule has 2 atom stereocenters.